The summed E-state index contributed by atoms with van der Waals surface area (Å²) in [5.74, 6) is -0.349. The van der Waals surface area contributed by atoms with Crippen molar-refractivity contribution >= 4 is 44.3 Å². The Hall–Kier alpha value is -2.60. The second-order valence-corrected chi connectivity index (χ2v) is 8.72. The van der Waals surface area contributed by atoms with Crippen LogP contribution in [0.1, 0.15) is 23.1 Å². The highest BCUT2D eigenvalue weighted by Crippen LogP contribution is 2.25. The van der Waals surface area contributed by atoms with E-state index in [1.165, 1.54) is 16.5 Å². The van der Waals surface area contributed by atoms with E-state index in [4.69, 9.17) is 0 Å². The Morgan fingerprint density at radius 1 is 1.24 bits per heavy atom. The monoisotopic (exact) mass is 453 g/mol. The zero-order chi connectivity index (χ0) is 20.5. The smallest absolute Gasteiger partial charge is 0.229 e. The highest BCUT2D eigenvalue weighted by molar-refractivity contribution is 9.10. The summed E-state index contributed by atoms with van der Waals surface area (Å²) in [6.07, 6.45) is 3.06. The maximum absolute atomic E-state index is 12.7. The van der Waals surface area contributed by atoms with Crippen LogP contribution >= 0.6 is 15.9 Å². The van der Waals surface area contributed by atoms with Crippen molar-refractivity contribution in [3.63, 3.8) is 0 Å². The molecule has 1 fully saturated rings. The number of amides is 2. The quantitative estimate of drug-likeness (QED) is 0.593. The molecule has 0 aliphatic carbocycles. The van der Waals surface area contributed by atoms with Crippen molar-refractivity contribution in [1.29, 1.82) is 0 Å². The average molecular weight is 454 g/mol. The third kappa shape index (κ3) is 4.22. The molecule has 1 aliphatic rings. The summed E-state index contributed by atoms with van der Waals surface area (Å²) in [7, 11) is 0. The zero-order valence-corrected chi connectivity index (χ0v) is 18.2. The molecule has 0 radical (unpaired) electrons. The summed E-state index contributed by atoms with van der Waals surface area (Å²) in [4.78, 5) is 30.3. The number of benzene rings is 2. The van der Waals surface area contributed by atoms with Gasteiger partial charge in [-0.25, -0.2) is 0 Å². The first kappa shape index (κ1) is 19.7. The van der Waals surface area contributed by atoms with E-state index in [2.05, 4.69) is 51.4 Å². The number of fused-ring (bicyclic) bond motifs is 1. The van der Waals surface area contributed by atoms with Gasteiger partial charge in [-0.2, -0.15) is 0 Å². The summed E-state index contributed by atoms with van der Waals surface area (Å²) in [5.41, 5.74) is 5.31. The van der Waals surface area contributed by atoms with Gasteiger partial charge in [0.1, 0.15) is 0 Å². The Bertz CT molecular complexity index is 1090. The predicted octanol–water partition coefficient (Wildman–Crippen LogP) is 4.58. The van der Waals surface area contributed by atoms with E-state index in [0.717, 1.165) is 27.7 Å². The molecule has 150 valence electrons. The van der Waals surface area contributed by atoms with Crippen LogP contribution in [0.3, 0.4) is 0 Å². The van der Waals surface area contributed by atoms with Gasteiger partial charge in [0.2, 0.25) is 11.8 Å². The highest BCUT2D eigenvalue weighted by atomic mass is 79.9. The molecule has 2 N–H and O–H groups in total. The summed E-state index contributed by atoms with van der Waals surface area (Å²) < 4.78 is 0.975. The van der Waals surface area contributed by atoms with Gasteiger partial charge in [-0.05, 0) is 61.7 Å². The molecule has 3 aromatic rings. The third-order valence-electron chi connectivity index (χ3n) is 5.61. The summed E-state index contributed by atoms with van der Waals surface area (Å²) in [6.45, 7) is 5.13. The Kier molecular flexibility index (Phi) is 5.46. The highest BCUT2D eigenvalue weighted by Gasteiger charge is 2.34. The Balaban J connectivity index is 1.38. The standard InChI is InChI=1S/C23H24BrN3O2/c1-14-3-5-21-19(9-14)16(12-25-21)7-8-27-13-17(11-22(27)28)23(29)26-20-6-4-18(24)10-15(20)2/h3-6,9-10,12,17,25H,7-8,11,13H2,1-2H3,(H,26,29). The number of carbonyl (C=O) groups is 2. The molecule has 2 amide bonds. The van der Waals surface area contributed by atoms with Gasteiger partial charge in [0.15, 0.2) is 0 Å². The first-order valence-corrected chi connectivity index (χ1v) is 10.6. The van der Waals surface area contributed by atoms with Crippen LogP contribution in [0.2, 0.25) is 0 Å². The number of H-pyrrole nitrogens is 1. The van der Waals surface area contributed by atoms with E-state index in [9.17, 15) is 9.59 Å². The zero-order valence-electron chi connectivity index (χ0n) is 16.6. The lowest BCUT2D eigenvalue weighted by molar-refractivity contribution is -0.128. The molecular formula is C23H24BrN3O2. The van der Waals surface area contributed by atoms with Gasteiger partial charge < -0.3 is 15.2 Å². The normalized spacial score (nSPS) is 16.6. The predicted molar refractivity (Wildman–Crippen MR) is 119 cm³/mol. The van der Waals surface area contributed by atoms with E-state index in [1.807, 2.05) is 36.2 Å². The number of aromatic amines is 1. The molecule has 4 rings (SSSR count). The van der Waals surface area contributed by atoms with Gasteiger partial charge in [0, 0.05) is 46.8 Å². The van der Waals surface area contributed by atoms with Crippen molar-refractivity contribution < 1.29 is 9.59 Å². The lowest BCUT2D eigenvalue weighted by Gasteiger charge is -2.17. The van der Waals surface area contributed by atoms with Crippen molar-refractivity contribution in [2.45, 2.75) is 26.7 Å². The fourth-order valence-corrected chi connectivity index (χ4v) is 4.40. The van der Waals surface area contributed by atoms with Crippen LogP contribution in [0.4, 0.5) is 5.69 Å². The van der Waals surface area contributed by atoms with Gasteiger partial charge in [0.25, 0.3) is 0 Å². The van der Waals surface area contributed by atoms with Crippen LogP contribution in [0.5, 0.6) is 0 Å². The van der Waals surface area contributed by atoms with Crippen LogP contribution in [-0.4, -0.2) is 34.8 Å². The van der Waals surface area contributed by atoms with Gasteiger partial charge in [-0.3, -0.25) is 9.59 Å². The molecule has 5 nitrogen and oxygen atoms in total. The number of aryl methyl sites for hydroxylation is 2. The second-order valence-electron chi connectivity index (χ2n) is 7.80. The largest absolute Gasteiger partial charge is 0.361 e. The fourth-order valence-electron chi connectivity index (χ4n) is 3.92. The minimum Gasteiger partial charge on any atom is -0.361 e. The third-order valence-corrected chi connectivity index (χ3v) is 6.10. The molecule has 2 heterocycles. The topological polar surface area (TPSA) is 65.2 Å². The molecule has 1 unspecified atom stereocenters. The maximum Gasteiger partial charge on any atom is 0.229 e. The molecule has 2 aromatic carbocycles. The minimum atomic E-state index is -0.309. The van der Waals surface area contributed by atoms with Crippen LogP contribution in [-0.2, 0) is 16.0 Å². The Morgan fingerprint density at radius 3 is 2.86 bits per heavy atom. The summed E-state index contributed by atoms with van der Waals surface area (Å²) in [5, 5.41) is 4.18. The van der Waals surface area contributed by atoms with E-state index < -0.39 is 0 Å². The van der Waals surface area contributed by atoms with Crippen LogP contribution in [0.15, 0.2) is 47.1 Å². The van der Waals surface area contributed by atoms with Crippen molar-refractivity contribution in [1.82, 2.24) is 9.88 Å². The number of hydrogen-bond donors (Lipinski definition) is 2. The number of aromatic nitrogens is 1. The summed E-state index contributed by atoms with van der Waals surface area (Å²) >= 11 is 3.43. The number of nitrogens with zero attached hydrogens (tertiary/aromatic N) is 1. The molecule has 1 aliphatic heterocycles. The Morgan fingerprint density at radius 2 is 2.07 bits per heavy atom. The Labute approximate surface area is 178 Å². The molecule has 0 spiro atoms. The number of halogens is 1. The van der Waals surface area contributed by atoms with Crippen molar-refractivity contribution in [3.8, 4) is 0 Å². The number of likely N-dealkylation sites (tertiary alicyclic amines) is 1. The van der Waals surface area contributed by atoms with Crippen LogP contribution < -0.4 is 5.32 Å². The molecule has 1 atom stereocenters. The number of hydrogen-bond acceptors (Lipinski definition) is 2. The molecule has 1 saturated heterocycles. The maximum atomic E-state index is 12.7. The van der Waals surface area contributed by atoms with Gasteiger partial charge in [-0.15, -0.1) is 0 Å². The SMILES string of the molecule is Cc1ccc2[nH]cc(CCN3CC(C(=O)Nc4ccc(Br)cc4C)CC3=O)c2c1. The molecule has 0 bridgehead atoms. The van der Waals surface area contributed by atoms with Crippen LogP contribution in [0, 0.1) is 19.8 Å². The van der Waals surface area contributed by atoms with E-state index >= 15 is 0 Å². The molecule has 29 heavy (non-hydrogen) atoms. The minimum absolute atomic E-state index is 0.0497. The van der Waals surface area contributed by atoms with E-state index in [1.54, 1.807) is 0 Å². The number of nitrogens with one attached hydrogen (secondary N) is 2. The number of rotatable bonds is 5. The first-order chi connectivity index (χ1) is 13.9. The van der Waals surface area contributed by atoms with Gasteiger partial charge in [0.05, 0.1) is 5.92 Å². The van der Waals surface area contributed by atoms with E-state index in [-0.39, 0.29) is 24.2 Å². The lowest BCUT2D eigenvalue weighted by Crippen LogP contribution is -2.30. The van der Waals surface area contributed by atoms with Crippen molar-refractivity contribution in [2.24, 2.45) is 5.92 Å². The first-order valence-electron chi connectivity index (χ1n) is 9.82. The van der Waals surface area contributed by atoms with Crippen LogP contribution in [0.25, 0.3) is 10.9 Å². The van der Waals surface area contributed by atoms with Gasteiger partial charge in [-0.1, -0.05) is 27.6 Å². The molecule has 1 aromatic heterocycles. The number of carbonyl (C=O) groups excluding carboxylic acids is 2. The molecule has 0 saturated carbocycles. The summed E-state index contributed by atoms with van der Waals surface area (Å²) in [6, 6.07) is 12.1. The molecular weight excluding hydrogens is 430 g/mol. The van der Waals surface area contributed by atoms with Gasteiger partial charge >= 0.3 is 0 Å². The fraction of sp³-hybridized carbons (Fsp3) is 0.304. The lowest BCUT2D eigenvalue weighted by atomic mass is 10.1. The molecule has 6 heteroatoms. The van der Waals surface area contributed by atoms with Crippen molar-refractivity contribution in [3.05, 3.63) is 63.8 Å². The second kappa shape index (κ2) is 8.03. The average Bonchev–Trinajstić information content (AvgIpc) is 3.25. The number of anilines is 1. The van der Waals surface area contributed by atoms with E-state index in [0.29, 0.717) is 13.1 Å². The van der Waals surface area contributed by atoms with Crippen molar-refractivity contribution in [2.75, 3.05) is 18.4 Å².